The van der Waals surface area contributed by atoms with Gasteiger partial charge < -0.3 is 5.73 Å². The summed E-state index contributed by atoms with van der Waals surface area (Å²) in [4.78, 5) is 9.38. The molecule has 3 rings (SSSR count). The number of nitrogens with two attached hydrogens (primary N) is 1. The van der Waals surface area contributed by atoms with Gasteiger partial charge in [-0.15, -0.1) is 0 Å². The number of aromatic nitrogens is 2. The van der Waals surface area contributed by atoms with E-state index in [4.69, 9.17) is 5.73 Å². The number of hydrogen-bond donors (Lipinski definition) is 1. The van der Waals surface area contributed by atoms with E-state index in [0.29, 0.717) is 5.13 Å². The number of pyridine rings is 1. The second-order valence-electron chi connectivity index (χ2n) is 3.58. The maximum atomic E-state index is 12.8. The van der Waals surface area contributed by atoms with E-state index in [9.17, 15) is 4.39 Å². The third-order valence-corrected chi connectivity index (χ3v) is 3.21. The number of benzene rings is 1. The highest BCUT2D eigenvalue weighted by atomic mass is 32.1. The first-order chi connectivity index (χ1) is 8.22. The van der Waals surface area contributed by atoms with Gasteiger partial charge in [0.1, 0.15) is 16.2 Å². The van der Waals surface area contributed by atoms with Crippen molar-refractivity contribution in [3.8, 4) is 11.3 Å². The summed E-state index contributed by atoms with van der Waals surface area (Å²) < 4.78 is 12.8. The van der Waals surface area contributed by atoms with Gasteiger partial charge in [-0.05, 0) is 36.4 Å². The first-order valence-electron chi connectivity index (χ1n) is 5.01. The van der Waals surface area contributed by atoms with Crippen LogP contribution in [0, 0.1) is 5.82 Å². The van der Waals surface area contributed by atoms with Crippen LogP contribution in [0.5, 0.6) is 0 Å². The minimum atomic E-state index is -0.253. The molecule has 0 amide bonds. The predicted molar refractivity (Wildman–Crippen MR) is 67.2 cm³/mol. The van der Waals surface area contributed by atoms with Gasteiger partial charge in [-0.2, -0.15) is 0 Å². The van der Waals surface area contributed by atoms with Gasteiger partial charge in [-0.3, -0.25) is 0 Å². The number of nitrogens with zero attached hydrogens (tertiary/aromatic N) is 2. The van der Waals surface area contributed by atoms with Crippen LogP contribution >= 0.6 is 11.3 Å². The standard InChI is InChI=1S/C12H8FN3S/c13-8-3-1-7(2-4-8)9-5-6-10-11(15-9)17-12(14)16-10/h1-6H,(H2,14,16). The van der Waals surface area contributed by atoms with Crippen LogP contribution in [0.3, 0.4) is 0 Å². The van der Waals surface area contributed by atoms with E-state index >= 15 is 0 Å². The van der Waals surface area contributed by atoms with E-state index in [-0.39, 0.29) is 5.82 Å². The number of fused-ring (bicyclic) bond motifs is 1. The number of hydrogen-bond acceptors (Lipinski definition) is 4. The Balaban J connectivity index is 2.13. The van der Waals surface area contributed by atoms with Crippen LogP contribution < -0.4 is 5.73 Å². The van der Waals surface area contributed by atoms with Crippen molar-refractivity contribution in [1.82, 2.24) is 9.97 Å². The fourth-order valence-corrected chi connectivity index (χ4v) is 2.32. The third-order valence-electron chi connectivity index (χ3n) is 2.41. The van der Waals surface area contributed by atoms with Gasteiger partial charge in [0, 0.05) is 5.56 Å². The molecule has 0 unspecified atom stereocenters. The summed E-state index contributed by atoms with van der Waals surface area (Å²) >= 11 is 1.35. The molecule has 17 heavy (non-hydrogen) atoms. The Morgan fingerprint density at radius 2 is 1.76 bits per heavy atom. The molecule has 0 radical (unpaired) electrons. The first kappa shape index (κ1) is 10.2. The Morgan fingerprint density at radius 3 is 2.53 bits per heavy atom. The molecular formula is C12H8FN3S. The summed E-state index contributed by atoms with van der Waals surface area (Å²) in [7, 11) is 0. The summed E-state index contributed by atoms with van der Waals surface area (Å²) in [6.45, 7) is 0. The average Bonchev–Trinajstić information content (AvgIpc) is 2.69. The molecule has 0 aliphatic carbocycles. The lowest BCUT2D eigenvalue weighted by molar-refractivity contribution is 0.628. The summed E-state index contributed by atoms with van der Waals surface area (Å²) in [5.74, 6) is -0.253. The van der Waals surface area contributed by atoms with Crippen molar-refractivity contribution in [2.45, 2.75) is 0 Å². The van der Waals surface area contributed by atoms with Crippen molar-refractivity contribution in [2.24, 2.45) is 0 Å². The zero-order chi connectivity index (χ0) is 11.8. The summed E-state index contributed by atoms with van der Waals surface area (Å²) in [6.07, 6.45) is 0. The molecule has 0 saturated carbocycles. The molecule has 0 atom stereocenters. The molecular weight excluding hydrogens is 237 g/mol. The number of nitrogen functional groups attached to an aromatic ring is 1. The lowest BCUT2D eigenvalue weighted by Gasteiger charge is -1.99. The maximum Gasteiger partial charge on any atom is 0.182 e. The van der Waals surface area contributed by atoms with E-state index < -0.39 is 0 Å². The van der Waals surface area contributed by atoms with Crippen LogP contribution in [-0.2, 0) is 0 Å². The fourth-order valence-electron chi connectivity index (χ4n) is 1.62. The molecule has 3 aromatic rings. The molecule has 0 aliphatic heterocycles. The predicted octanol–water partition coefficient (Wildman–Crippen LogP) is 3.08. The van der Waals surface area contributed by atoms with Gasteiger partial charge in [-0.1, -0.05) is 11.3 Å². The van der Waals surface area contributed by atoms with Gasteiger partial charge >= 0.3 is 0 Å². The van der Waals surface area contributed by atoms with E-state index in [1.165, 1.54) is 23.5 Å². The van der Waals surface area contributed by atoms with Crippen molar-refractivity contribution in [3.63, 3.8) is 0 Å². The van der Waals surface area contributed by atoms with Gasteiger partial charge in [0.05, 0.1) is 5.69 Å². The molecule has 5 heteroatoms. The van der Waals surface area contributed by atoms with E-state index in [0.717, 1.165) is 21.6 Å². The molecule has 84 valence electrons. The van der Waals surface area contributed by atoms with E-state index in [1.54, 1.807) is 12.1 Å². The summed E-state index contributed by atoms with van der Waals surface area (Å²) in [5, 5.41) is 0.503. The molecule has 2 heterocycles. The quantitative estimate of drug-likeness (QED) is 0.716. The lowest BCUT2D eigenvalue weighted by atomic mass is 10.1. The number of anilines is 1. The second kappa shape index (κ2) is 3.78. The highest BCUT2D eigenvalue weighted by Gasteiger charge is 2.05. The molecule has 0 saturated heterocycles. The van der Waals surface area contributed by atoms with E-state index in [1.807, 2.05) is 12.1 Å². The fraction of sp³-hybridized carbons (Fsp3) is 0. The monoisotopic (exact) mass is 245 g/mol. The molecule has 0 aliphatic rings. The highest BCUT2D eigenvalue weighted by Crippen LogP contribution is 2.25. The summed E-state index contributed by atoms with van der Waals surface area (Å²) in [5.41, 5.74) is 8.08. The van der Waals surface area contributed by atoms with Crippen LogP contribution in [0.4, 0.5) is 9.52 Å². The van der Waals surface area contributed by atoms with Crippen LogP contribution in [0.15, 0.2) is 36.4 Å². The molecule has 2 aromatic heterocycles. The zero-order valence-electron chi connectivity index (χ0n) is 8.72. The molecule has 1 aromatic carbocycles. The molecule has 2 N–H and O–H groups in total. The van der Waals surface area contributed by atoms with Crippen LogP contribution in [0.25, 0.3) is 21.6 Å². The van der Waals surface area contributed by atoms with Crippen molar-refractivity contribution >= 4 is 26.8 Å². The minimum Gasteiger partial charge on any atom is -0.375 e. The van der Waals surface area contributed by atoms with Gasteiger partial charge in [0.2, 0.25) is 0 Å². The SMILES string of the molecule is Nc1nc2ccc(-c3ccc(F)cc3)nc2s1. The van der Waals surface area contributed by atoms with Crippen molar-refractivity contribution in [2.75, 3.05) is 5.73 Å². The Labute approximate surface area is 101 Å². The Morgan fingerprint density at radius 1 is 1.00 bits per heavy atom. The van der Waals surface area contributed by atoms with Crippen molar-refractivity contribution in [3.05, 3.63) is 42.2 Å². The van der Waals surface area contributed by atoms with Crippen LogP contribution in [0.2, 0.25) is 0 Å². The van der Waals surface area contributed by atoms with Gasteiger partial charge in [0.25, 0.3) is 0 Å². The smallest absolute Gasteiger partial charge is 0.182 e. The number of rotatable bonds is 1. The lowest BCUT2D eigenvalue weighted by Crippen LogP contribution is -1.83. The largest absolute Gasteiger partial charge is 0.375 e. The van der Waals surface area contributed by atoms with Gasteiger partial charge in [0.15, 0.2) is 5.13 Å². The average molecular weight is 245 g/mol. The molecule has 0 bridgehead atoms. The normalized spacial score (nSPS) is 10.9. The maximum absolute atomic E-state index is 12.8. The van der Waals surface area contributed by atoms with Crippen LogP contribution in [-0.4, -0.2) is 9.97 Å². The Kier molecular flexibility index (Phi) is 2.26. The van der Waals surface area contributed by atoms with E-state index in [2.05, 4.69) is 9.97 Å². The van der Waals surface area contributed by atoms with Crippen LogP contribution in [0.1, 0.15) is 0 Å². The first-order valence-corrected chi connectivity index (χ1v) is 5.83. The molecule has 0 fully saturated rings. The number of thiazole rings is 1. The minimum absolute atomic E-state index is 0.253. The van der Waals surface area contributed by atoms with Crippen molar-refractivity contribution < 1.29 is 4.39 Å². The topological polar surface area (TPSA) is 51.8 Å². The Bertz CT molecular complexity index is 676. The molecule has 0 spiro atoms. The van der Waals surface area contributed by atoms with Crippen molar-refractivity contribution in [1.29, 1.82) is 0 Å². The zero-order valence-corrected chi connectivity index (χ0v) is 9.54. The third kappa shape index (κ3) is 1.85. The van der Waals surface area contributed by atoms with Gasteiger partial charge in [-0.25, -0.2) is 14.4 Å². The molecule has 3 nitrogen and oxygen atoms in total. The summed E-state index contributed by atoms with van der Waals surface area (Å²) in [6, 6.07) is 9.97. The highest BCUT2D eigenvalue weighted by molar-refractivity contribution is 7.21. The Hall–Kier alpha value is -2.01. The number of halogens is 1. The second-order valence-corrected chi connectivity index (χ2v) is 4.59.